The molecule has 3 rings (SSSR count). The summed E-state index contributed by atoms with van der Waals surface area (Å²) in [6, 6.07) is 4.19. The van der Waals surface area contributed by atoms with Gasteiger partial charge in [0, 0.05) is 57.3 Å². The fourth-order valence-corrected chi connectivity index (χ4v) is 2.55. The minimum atomic E-state index is 0.138. The highest BCUT2D eigenvalue weighted by atomic mass is 16.1. The van der Waals surface area contributed by atoms with Crippen molar-refractivity contribution in [1.82, 2.24) is 19.9 Å². The second-order valence-corrected chi connectivity index (χ2v) is 5.51. The Labute approximate surface area is 123 Å². The molecular weight excluding hydrogens is 266 g/mol. The van der Waals surface area contributed by atoms with Gasteiger partial charge in [0.15, 0.2) is 0 Å². The Bertz CT molecular complexity index is 632. The Morgan fingerprint density at radius 3 is 2.86 bits per heavy atom. The van der Waals surface area contributed by atoms with Gasteiger partial charge in [0.05, 0.1) is 0 Å². The van der Waals surface area contributed by atoms with Crippen LogP contribution in [-0.4, -0.2) is 40.6 Å². The van der Waals surface area contributed by atoms with Crippen LogP contribution in [0.4, 0.5) is 5.82 Å². The molecule has 1 atom stereocenters. The number of amides is 1. The van der Waals surface area contributed by atoms with E-state index < -0.39 is 0 Å². The molecule has 1 N–H and O–H groups in total. The molecule has 0 saturated carbocycles. The third kappa shape index (κ3) is 2.89. The molecule has 21 heavy (non-hydrogen) atoms. The molecule has 3 heterocycles. The summed E-state index contributed by atoms with van der Waals surface area (Å²) in [6.45, 7) is 0.747. The van der Waals surface area contributed by atoms with Gasteiger partial charge in [-0.25, -0.2) is 9.97 Å². The van der Waals surface area contributed by atoms with Gasteiger partial charge >= 0.3 is 0 Å². The molecule has 1 fully saturated rings. The quantitative estimate of drug-likeness (QED) is 0.919. The van der Waals surface area contributed by atoms with Gasteiger partial charge in [-0.05, 0) is 18.6 Å². The summed E-state index contributed by atoms with van der Waals surface area (Å²) in [4.78, 5) is 22.1. The van der Waals surface area contributed by atoms with Gasteiger partial charge in [0.1, 0.15) is 11.6 Å². The van der Waals surface area contributed by atoms with Crippen LogP contribution in [0.5, 0.6) is 0 Å². The molecule has 6 heteroatoms. The number of pyridine rings is 1. The van der Waals surface area contributed by atoms with E-state index in [-0.39, 0.29) is 11.9 Å². The fourth-order valence-electron chi connectivity index (χ4n) is 2.55. The second kappa shape index (κ2) is 5.55. The van der Waals surface area contributed by atoms with Crippen molar-refractivity contribution in [3.05, 3.63) is 30.7 Å². The van der Waals surface area contributed by atoms with E-state index in [1.807, 2.05) is 43.5 Å². The molecule has 1 saturated heterocycles. The van der Waals surface area contributed by atoms with Crippen LogP contribution in [0.25, 0.3) is 11.4 Å². The number of carbonyl (C=O) groups excluding carboxylic acids is 1. The number of anilines is 1. The summed E-state index contributed by atoms with van der Waals surface area (Å²) in [5.41, 5.74) is 0.981. The lowest BCUT2D eigenvalue weighted by Crippen LogP contribution is -2.29. The topological polar surface area (TPSA) is 63.1 Å². The van der Waals surface area contributed by atoms with Crippen LogP contribution < -0.4 is 10.2 Å². The molecule has 0 aliphatic carbocycles. The van der Waals surface area contributed by atoms with Gasteiger partial charge in [-0.1, -0.05) is 0 Å². The van der Waals surface area contributed by atoms with E-state index in [0.29, 0.717) is 6.42 Å². The molecule has 0 spiro atoms. The Kier molecular flexibility index (Phi) is 3.60. The first-order valence-corrected chi connectivity index (χ1v) is 7.08. The maximum absolute atomic E-state index is 11.3. The fraction of sp³-hybridized carbons (Fsp3) is 0.400. The third-order valence-corrected chi connectivity index (χ3v) is 3.68. The Morgan fingerprint density at radius 1 is 1.38 bits per heavy atom. The van der Waals surface area contributed by atoms with Crippen molar-refractivity contribution in [3.8, 4) is 11.4 Å². The summed E-state index contributed by atoms with van der Waals surface area (Å²) in [7, 11) is 3.93. The molecule has 1 aliphatic rings. The standard InChI is InChI=1S/C15H19N5O/c1-19(2)13-5-3-11(9-17-13)15-16-7-8-20(15)10-12-4-6-14(21)18-12/h3,5,7-9,12H,4,6,10H2,1-2H3,(H,18,21). The van der Waals surface area contributed by atoms with Gasteiger partial charge in [-0.15, -0.1) is 0 Å². The largest absolute Gasteiger partial charge is 0.363 e. The Hall–Kier alpha value is -2.37. The number of imidazole rings is 1. The van der Waals surface area contributed by atoms with E-state index >= 15 is 0 Å². The summed E-state index contributed by atoms with van der Waals surface area (Å²) in [6.07, 6.45) is 7.06. The lowest BCUT2D eigenvalue weighted by Gasteiger charge is -2.14. The normalized spacial score (nSPS) is 17.8. The number of hydrogen-bond donors (Lipinski definition) is 1. The molecular formula is C15H19N5O. The van der Waals surface area contributed by atoms with E-state index in [0.717, 1.165) is 30.2 Å². The molecule has 0 bridgehead atoms. The Morgan fingerprint density at radius 2 is 2.24 bits per heavy atom. The number of hydrogen-bond acceptors (Lipinski definition) is 4. The maximum Gasteiger partial charge on any atom is 0.220 e. The number of rotatable bonds is 4. The number of carbonyl (C=O) groups is 1. The molecule has 1 amide bonds. The number of aromatic nitrogens is 3. The van der Waals surface area contributed by atoms with E-state index in [9.17, 15) is 4.79 Å². The average molecular weight is 285 g/mol. The van der Waals surface area contributed by atoms with Gasteiger partial charge in [-0.3, -0.25) is 4.79 Å². The molecule has 6 nitrogen and oxygen atoms in total. The monoisotopic (exact) mass is 285 g/mol. The van der Waals surface area contributed by atoms with E-state index in [1.165, 1.54) is 0 Å². The van der Waals surface area contributed by atoms with Gasteiger partial charge in [-0.2, -0.15) is 0 Å². The highest BCUT2D eigenvalue weighted by molar-refractivity contribution is 5.78. The third-order valence-electron chi connectivity index (χ3n) is 3.68. The minimum Gasteiger partial charge on any atom is -0.363 e. The lowest BCUT2D eigenvalue weighted by atomic mass is 10.2. The first-order valence-electron chi connectivity index (χ1n) is 7.08. The van der Waals surface area contributed by atoms with Crippen molar-refractivity contribution in [2.24, 2.45) is 0 Å². The van der Waals surface area contributed by atoms with Crippen molar-refractivity contribution in [2.75, 3.05) is 19.0 Å². The van der Waals surface area contributed by atoms with Crippen LogP contribution >= 0.6 is 0 Å². The zero-order valence-corrected chi connectivity index (χ0v) is 12.3. The number of nitrogens with zero attached hydrogens (tertiary/aromatic N) is 4. The molecule has 2 aromatic rings. The molecule has 0 radical (unpaired) electrons. The molecule has 0 aromatic carbocycles. The van der Waals surface area contributed by atoms with Crippen LogP contribution in [0.3, 0.4) is 0 Å². The lowest BCUT2D eigenvalue weighted by molar-refractivity contribution is -0.119. The predicted molar refractivity (Wildman–Crippen MR) is 80.9 cm³/mol. The van der Waals surface area contributed by atoms with Gasteiger partial charge < -0.3 is 14.8 Å². The van der Waals surface area contributed by atoms with Crippen LogP contribution in [0, 0.1) is 0 Å². The molecule has 110 valence electrons. The van der Waals surface area contributed by atoms with Gasteiger partial charge in [0.2, 0.25) is 5.91 Å². The van der Waals surface area contributed by atoms with E-state index in [4.69, 9.17) is 0 Å². The zero-order chi connectivity index (χ0) is 14.8. The second-order valence-electron chi connectivity index (χ2n) is 5.51. The minimum absolute atomic E-state index is 0.138. The molecule has 1 aliphatic heterocycles. The average Bonchev–Trinajstić information content (AvgIpc) is 3.09. The zero-order valence-electron chi connectivity index (χ0n) is 12.3. The van der Waals surface area contributed by atoms with Crippen LogP contribution in [0.15, 0.2) is 30.7 Å². The van der Waals surface area contributed by atoms with Crippen molar-refractivity contribution in [1.29, 1.82) is 0 Å². The van der Waals surface area contributed by atoms with Crippen molar-refractivity contribution < 1.29 is 4.79 Å². The van der Waals surface area contributed by atoms with Crippen LogP contribution in [-0.2, 0) is 11.3 Å². The first-order chi connectivity index (χ1) is 10.1. The smallest absolute Gasteiger partial charge is 0.220 e. The molecule has 2 aromatic heterocycles. The number of nitrogens with one attached hydrogen (secondary N) is 1. The maximum atomic E-state index is 11.3. The Balaban J connectivity index is 1.79. The van der Waals surface area contributed by atoms with Crippen molar-refractivity contribution >= 4 is 11.7 Å². The van der Waals surface area contributed by atoms with Gasteiger partial charge in [0.25, 0.3) is 0 Å². The summed E-state index contributed by atoms with van der Waals surface area (Å²) in [5, 5.41) is 2.99. The van der Waals surface area contributed by atoms with Crippen molar-refractivity contribution in [3.63, 3.8) is 0 Å². The van der Waals surface area contributed by atoms with E-state index in [2.05, 4.69) is 19.9 Å². The first kappa shape index (κ1) is 13.6. The van der Waals surface area contributed by atoms with Crippen LogP contribution in [0.2, 0.25) is 0 Å². The van der Waals surface area contributed by atoms with E-state index in [1.54, 1.807) is 6.20 Å². The highest BCUT2D eigenvalue weighted by Gasteiger charge is 2.21. The SMILES string of the molecule is CN(C)c1ccc(-c2nccn2CC2CCC(=O)N2)cn1. The summed E-state index contributed by atoms with van der Waals surface area (Å²) in [5.74, 6) is 1.94. The van der Waals surface area contributed by atoms with Crippen molar-refractivity contribution in [2.45, 2.75) is 25.4 Å². The summed E-state index contributed by atoms with van der Waals surface area (Å²) >= 11 is 0. The molecule has 1 unspecified atom stereocenters. The highest BCUT2D eigenvalue weighted by Crippen LogP contribution is 2.20. The predicted octanol–water partition coefficient (Wildman–Crippen LogP) is 1.29. The van der Waals surface area contributed by atoms with Crippen LogP contribution in [0.1, 0.15) is 12.8 Å². The summed E-state index contributed by atoms with van der Waals surface area (Å²) < 4.78 is 2.07.